The van der Waals surface area contributed by atoms with Gasteiger partial charge in [-0.2, -0.15) is 0 Å². The second kappa shape index (κ2) is 7.45. The summed E-state index contributed by atoms with van der Waals surface area (Å²) in [6.07, 6.45) is 0. The van der Waals surface area contributed by atoms with E-state index >= 15 is 0 Å². The first-order valence-corrected chi connectivity index (χ1v) is 7.83. The summed E-state index contributed by atoms with van der Waals surface area (Å²) in [6, 6.07) is 22.7. The molecule has 0 aromatic heterocycles. The molecule has 3 aromatic carbocycles. The quantitative estimate of drug-likeness (QED) is 0.714. The van der Waals surface area contributed by atoms with Crippen LogP contribution in [0.3, 0.4) is 0 Å². The molecule has 0 saturated heterocycles. The van der Waals surface area contributed by atoms with E-state index in [1.807, 2.05) is 6.07 Å². The highest BCUT2D eigenvalue weighted by molar-refractivity contribution is 6.15. The number of rotatable bonds is 5. The molecule has 0 aliphatic heterocycles. The summed E-state index contributed by atoms with van der Waals surface area (Å²) in [7, 11) is 1.57. The lowest BCUT2D eigenvalue weighted by atomic mass is 10.0. The standard InChI is InChI=1S/C21H17NO3/c1-25-17-13-11-15(12-14-17)20(23)18-9-5-6-10-19(18)22-21(24)16-7-3-2-4-8-16/h2-14H,1H3,(H,22,24). The van der Waals surface area contributed by atoms with Crippen LogP contribution in [0.2, 0.25) is 0 Å². The highest BCUT2D eigenvalue weighted by Crippen LogP contribution is 2.21. The van der Waals surface area contributed by atoms with Crippen molar-refractivity contribution in [2.24, 2.45) is 0 Å². The Morgan fingerprint density at radius 3 is 2.08 bits per heavy atom. The molecule has 0 fully saturated rings. The smallest absolute Gasteiger partial charge is 0.255 e. The lowest BCUT2D eigenvalue weighted by Gasteiger charge is -2.11. The molecule has 0 spiro atoms. The Morgan fingerprint density at radius 1 is 0.760 bits per heavy atom. The lowest BCUT2D eigenvalue weighted by Crippen LogP contribution is -2.15. The minimum atomic E-state index is -0.254. The van der Waals surface area contributed by atoms with E-state index < -0.39 is 0 Å². The topological polar surface area (TPSA) is 55.4 Å². The predicted octanol–water partition coefficient (Wildman–Crippen LogP) is 4.18. The van der Waals surface area contributed by atoms with Crippen LogP contribution >= 0.6 is 0 Å². The molecule has 0 unspecified atom stereocenters. The maximum atomic E-state index is 12.8. The minimum Gasteiger partial charge on any atom is -0.497 e. The number of ketones is 1. The highest BCUT2D eigenvalue weighted by Gasteiger charge is 2.15. The number of nitrogens with one attached hydrogen (secondary N) is 1. The van der Waals surface area contributed by atoms with Crippen molar-refractivity contribution in [3.05, 3.63) is 95.6 Å². The maximum Gasteiger partial charge on any atom is 0.255 e. The molecule has 3 aromatic rings. The van der Waals surface area contributed by atoms with Gasteiger partial charge < -0.3 is 10.1 Å². The average molecular weight is 331 g/mol. The average Bonchev–Trinajstić information content (AvgIpc) is 2.68. The molecular formula is C21H17NO3. The fourth-order valence-electron chi connectivity index (χ4n) is 2.47. The number of amides is 1. The molecule has 0 heterocycles. The van der Waals surface area contributed by atoms with Crippen molar-refractivity contribution in [1.82, 2.24) is 0 Å². The SMILES string of the molecule is COc1ccc(C(=O)c2ccccc2NC(=O)c2ccccc2)cc1. The van der Waals surface area contributed by atoms with E-state index in [-0.39, 0.29) is 11.7 Å². The van der Waals surface area contributed by atoms with Gasteiger partial charge in [-0.3, -0.25) is 9.59 Å². The molecule has 0 radical (unpaired) electrons. The van der Waals surface area contributed by atoms with Crippen LogP contribution in [0.25, 0.3) is 0 Å². The molecular weight excluding hydrogens is 314 g/mol. The molecule has 124 valence electrons. The second-order valence-electron chi connectivity index (χ2n) is 5.42. The molecule has 0 aliphatic rings. The molecule has 0 saturated carbocycles. The summed E-state index contributed by atoms with van der Waals surface area (Å²) in [5.41, 5.74) is 1.99. The zero-order valence-corrected chi connectivity index (χ0v) is 13.7. The van der Waals surface area contributed by atoms with Gasteiger partial charge in [-0.15, -0.1) is 0 Å². The van der Waals surface area contributed by atoms with Crippen molar-refractivity contribution in [2.45, 2.75) is 0 Å². The van der Waals surface area contributed by atoms with Gasteiger partial charge in [0.05, 0.1) is 12.8 Å². The number of ether oxygens (including phenoxy) is 1. The number of anilines is 1. The Labute approximate surface area is 146 Å². The van der Waals surface area contributed by atoms with Gasteiger partial charge in [0.25, 0.3) is 5.91 Å². The summed E-state index contributed by atoms with van der Waals surface area (Å²) >= 11 is 0. The molecule has 3 rings (SSSR count). The fourth-order valence-corrected chi connectivity index (χ4v) is 2.47. The van der Waals surface area contributed by atoms with E-state index in [1.165, 1.54) is 0 Å². The summed E-state index contributed by atoms with van der Waals surface area (Å²) in [5, 5.41) is 2.82. The van der Waals surface area contributed by atoms with Crippen LogP contribution in [0.1, 0.15) is 26.3 Å². The Kier molecular flexibility index (Phi) is 4.90. The number of para-hydroxylation sites is 1. The van der Waals surface area contributed by atoms with Gasteiger partial charge in [0, 0.05) is 16.7 Å². The van der Waals surface area contributed by atoms with E-state index in [0.717, 1.165) is 0 Å². The first kappa shape index (κ1) is 16.5. The monoisotopic (exact) mass is 331 g/mol. The third-order valence-electron chi connectivity index (χ3n) is 3.81. The number of hydrogen-bond donors (Lipinski definition) is 1. The van der Waals surface area contributed by atoms with Crippen molar-refractivity contribution in [1.29, 1.82) is 0 Å². The first-order chi connectivity index (χ1) is 12.2. The van der Waals surface area contributed by atoms with Crippen LogP contribution in [-0.2, 0) is 0 Å². The largest absolute Gasteiger partial charge is 0.497 e. The number of benzene rings is 3. The van der Waals surface area contributed by atoms with Gasteiger partial charge in [-0.25, -0.2) is 0 Å². The maximum absolute atomic E-state index is 12.8. The highest BCUT2D eigenvalue weighted by atomic mass is 16.5. The Balaban J connectivity index is 1.87. The molecule has 4 heteroatoms. The Bertz CT molecular complexity index is 887. The van der Waals surface area contributed by atoms with E-state index in [2.05, 4.69) is 5.32 Å². The Morgan fingerprint density at radius 2 is 1.40 bits per heavy atom. The molecule has 1 amide bonds. The summed E-state index contributed by atoms with van der Waals surface area (Å²) in [5.74, 6) is 0.268. The third-order valence-corrected chi connectivity index (χ3v) is 3.81. The van der Waals surface area contributed by atoms with E-state index in [0.29, 0.717) is 28.1 Å². The molecule has 0 bridgehead atoms. The van der Waals surface area contributed by atoms with Crippen LogP contribution in [0.4, 0.5) is 5.69 Å². The first-order valence-electron chi connectivity index (χ1n) is 7.83. The van der Waals surface area contributed by atoms with Crippen molar-refractivity contribution < 1.29 is 14.3 Å². The second-order valence-corrected chi connectivity index (χ2v) is 5.42. The summed E-state index contributed by atoms with van der Waals surface area (Å²) < 4.78 is 5.11. The van der Waals surface area contributed by atoms with Crippen LogP contribution in [0.15, 0.2) is 78.9 Å². The van der Waals surface area contributed by atoms with Gasteiger partial charge in [-0.05, 0) is 48.5 Å². The van der Waals surface area contributed by atoms with E-state index in [4.69, 9.17) is 4.74 Å². The summed E-state index contributed by atoms with van der Waals surface area (Å²) in [4.78, 5) is 25.2. The molecule has 25 heavy (non-hydrogen) atoms. The van der Waals surface area contributed by atoms with Gasteiger partial charge in [-0.1, -0.05) is 30.3 Å². The number of hydrogen-bond acceptors (Lipinski definition) is 3. The third kappa shape index (κ3) is 3.75. The van der Waals surface area contributed by atoms with E-state index in [9.17, 15) is 9.59 Å². The minimum absolute atomic E-state index is 0.161. The van der Waals surface area contributed by atoms with Crippen LogP contribution in [-0.4, -0.2) is 18.8 Å². The summed E-state index contributed by atoms with van der Waals surface area (Å²) in [6.45, 7) is 0. The predicted molar refractivity (Wildman–Crippen MR) is 97.3 cm³/mol. The number of methoxy groups -OCH3 is 1. The van der Waals surface area contributed by atoms with Crippen molar-refractivity contribution in [2.75, 3.05) is 12.4 Å². The van der Waals surface area contributed by atoms with Crippen LogP contribution < -0.4 is 10.1 Å². The van der Waals surface area contributed by atoms with Crippen LogP contribution in [0, 0.1) is 0 Å². The van der Waals surface area contributed by atoms with Gasteiger partial charge in [0.2, 0.25) is 0 Å². The number of carbonyl (C=O) groups is 2. The van der Waals surface area contributed by atoms with Gasteiger partial charge in [0.15, 0.2) is 5.78 Å². The zero-order chi connectivity index (χ0) is 17.6. The van der Waals surface area contributed by atoms with Crippen LogP contribution in [0.5, 0.6) is 5.75 Å². The Hall–Kier alpha value is -3.40. The number of carbonyl (C=O) groups excluding carboxylic acids is 2. The van der Waals surface area contributed by atoms with Gasteiger partial charge >= 0.3 is 0 Å². The zero-order valence-electron chi connectivity index (χ0n) is 13.7. The van der Waals surface area contributed by atoms with Gasteiger partial charge in [0.1, 0.15) is 5.75 Å². The molecule has 1 N–H and O–H groups in total. The molecule has 0 atom stereocenters. The van der Waals surface area contributed by atoms with Crippen molar-refractivity contribution in [3.8, 4) is 5.75 Å². The van der Waals surface area contributed by atoms with Crippen molar-refractivity contribution >= 4 is 17.4 Å². The lowest BCUT2D eigenvalue weighted by molar-refractivity contribution is 0.102. The molecule has 4 nitrogen and oxygen atoms in total. The molecule has 0 aliphatic carbocycles. The fraction of sp³-hybridized carbons (Fsp3) is 0.0476. The normalized spacial score (nSPS) is 10.1. The van der Waals surface area contributed by atoms with Crippen molar-refractivity contribution in [3.63, 3.8) is 0 Å². The van der Waals surface area contributed by atoms with E-state index in [1.54, 1.807) is 79.9 Å².